The number of nitrogens with two attached hydrogens (primary N) is 1. The van der Waals surface area contributed by atoms with Gasteiger partial charge in [0.05, 0.1) is 0 Å². The van der Waals surface area contributed by atoms with Crippen molar-refractivity contribution in [1.82, 2.24) is 15.5 Å². The number of carbonyl (C=O) groups excluding carboxylic acids is 4. The molecule has 0 fully saturated rings. The van der Waals surface area contributed by atoms with Crippen molar-refractivity contribution in [2.24, 2.45) is 5.73 Å². The molecule has 0 aliphatic carbocycles. The fourth-order valence-electron chi connectivity index (χ4n) is 4.30. The van der Waals surface area contributed by atoms with Crippen molar-refractivity contribution >= 4 is 23.8 Å². The Kier molecular flexibility index (Phi) is 15.7. The topological polar surface area (TPSA) is 151 Å². The molecule has 10 nitrogen and oxygen atoms in total. The van der Waals surface area contributed by atoms with Gasteiger partial charge in [0.25, 0.3) is 0 Å². The first-order valence-corrected chi connectivity index (χ1v) is 14.5. The summed E-state index contributed by atoms with van der Waals surface area (Å²) in [5.74, 6) is -1.56. The quantitative estimate of drug-likeness (QED) is 0.190. The number of alkyl carbamates (subject to hydrolysis) is 1. The normalized spacial score (nSPS) is 12.7. The van der Waals surface area contributed by atoms with Crippen LogP contribution in [0.15, 0.2) is 24.3 Å². The molecule has 40 heavy (non-hydrogen) atoms. The van der Waals surface area contributed by atoms with Gasteiger partial charge in [-0.05, 0) is 57.7 Å². The number of amides is 4. The van der Waals surface area contributed by atoms with E-state index in [1.165, 1.54) is 17.0 Å². The number of nitrogens with one attached hydrogen (secondary N) is 2. The van der Waals surface area contributed by atoms with Gasteiger partial charge in [0.2, 0.25) is 17.7 Å². The van der Waals surface area contributed by atoms with E-state index < -0.39 is 35.6 Å². The molecule has 0 aliphatic rings. The third-order valence-corrected chi connectivity index (χ3v) is 6.28. The van der Waals surface area contributed by atoms with Gasteiger partial charge in [-0.15, -0.1) is 0 Å². The van der Waals surface area contributed by atoms with E-state index in [0.717, 1.165) is 44.9 Å². The molecule has 1 aromatic carbocycles. The average Bonchev–Trinajstić information content (AvgIpc) is 2.86. The summed E-state index contributed by atoms with van der Waals surface area (Å²) in [6, 6.07) is 4.07. The second-order valence-corrected chi connectivity index (χ2v) is 11.1. The van der Waals surface area contributed by atoms with Gasteiger partial charge in [-0.2, -0.15) is 0 Å². The number of unbranched alkanes of at least 4 members (excludes halogenated alkanes) is 6. The highest BCUT2D eigenvalue weighted by Gasteiger charge is 2.36. The van der Waals surface area contributed by atoms with Crippen molar-refractivity contribution < 1.29 is 29.0 Å². The van der Waals surface area contributed by atoms with E-state index in [9.17, 15) is 24.3 Å². The lowest BCUT2D eigenvalue weighted by Crippen LogP contribution is -2.53. The summed E-state index contributed by atoms with van der Waals surface area (Å²) in [4.78, 5) is 53.5. The fraction of sp³-hybridized carbons (Fsp3) is 0.667. The van der Waals surface area contributed by atoms with Gasteiger partial charge < -0.3 is 31.1 Å². The minimum atomic E-state index is -1.15. The van der Waals surface area contributed by atoms with Gasteiger partial charge in [0, 0.05) is 19.5 Å². The molecule has 226 valence electrons. The molecule has 0 spiro atoms. The molecule has 2 atom stereocenters. The molecule has 0 radical (unpaired) electrons. The maximum Gasteiger partial charge on any atom is 0.408 e. The maximum atomic E-state index is 14.1. The van der Waals surface area contributed by atoms with Crippen LogP contribution in [0.3, 0.4) is 0 Å². The second-order valence-electron chi connectivity index (χ2n) is 11.1. The summed E-state index contributed by atoms with van der Waals surface area (Å²) in [6.07, 6.45) is 6.33. The molecule has 1 aromatic rings. The summed E-state index contributed by atoms with van der Waals surface area (Å²) in [5, 5.41) is 15.7. The zero-order valence-corrected chi connectivity index (χ0v) is 25.0. The summed E-state index contributed by atoms with van der Waals surface area (Å²) in [6.45, 7) is 9.99. The first-order valence-electron chi connectivity index (χ1n) is 14.5. The molecule has 0 aliphatic heterocycles. The predicted octanol–water partition coefficient (Wildman–Crippen LogP) is 4.70. The van der Waals surface area contributed by atoms with Crippen molar-refractivity contribution in [3.05, 3.63) is 29.8 Å². The number of carbonyl (C=O) groups is 4. The Hall–Kier alpha value is -3.30. The molecule has 2 unspecified atom stereocenters. The standard InChI is InChI=1S/C30H50N4O6/c1-6-8-10-11-13-20-34(28(38)24(17-18-25(31)36)33-29(39)40-30(3,4)5)26(22-15-14-16-23(35)21-22)27(37)32-19-12-9-7-2/h14-16,21,24,26,35H,6-13,17-20H2,1-5H3,(H2,31,36)(H,32,37)(H,33,39). The van der Waals surface area contributed by atoms with Crippen LogP contribution >= 0.6 is 0 Å². The molecule has 0 bridgehead atoms. The zero-order chi connectivity index (χ0) is 30.1. The van der Waals surface area contributed by atoms with Crippen LogP contribution in [0.4, 0.5) is 4.79 Å². The number of phenols is 1. The molecule has 1 rings (SSSR count). The Morgan fingerprint density at radius 1 is 1.00 bits per heavy atom. The maximum absolute atomic E-state index is 14.1. The summed E-state index contributed by atoms with van der Waals surface area (Å²) in [5.41, 5.74) is 5.01. The van der Waals surface area contributed by atoms with Gasteiger partial charge in [0.15, 0.2) is 0 Å². The summed E-state index contributed by atoms with van der Waals surface area (Å²) >= 11 is 0. The number of rotatable bonds is 18. The molecular weight excluding hydrogens is 512 g/mol. The number of primary amides is 1. The van der Waals surface area contributed by atoms with Crippen LogP contribution in [0, 0.1) is 0 Å². The SMILES string of the molecule is CCCCCCCN(C(=O)C(CCC(N)=O)NC(=O)OC(C)(C)C)C(C(=O)NCCCCC)c1cccc(O)c1. The lowest BCUT2D eigenvalue weighted by molar-refractivity contribution is -0.142. The van der Waals surface area contributed by atoms with E-state index in [-0.39, 0.29) is 31.0 Å². The minimum absolute atomic E-state index is 0.0335. The predicted molar refractivity (Wildman–Crippen MR) is 155 cm³/mol. The highest BCUT2D eigenvalue weighted by atomic mass is 16.6. The van der Waals surface area contributed by atoms with Crippen LogP contribution < -0.4 is 16.4 Å². The van der Waals surface area contributed by atoms with Gasteiger partial charge in [0.1, 0.15) is 23.4 Å². The van der Waals surface area contributed by atoms with Gasteiger partial charge >= 0.3 is 6.09 Å². The summed E-state index contributed by atoms with van der Waals surface area (Å²) < 4.78 is 5.37. The number of hydrogen-bond acceptors (Lipinski definition) is 6. The minimum Gasteiger partial charge on any atom is -0.508 e. The molecule has 5 N–H and O–H groups in total. The average molecular weight is 563 g/mol. The van der Waals surface area contributed by atoms with E-state index in [2.05, 4.69) is 24.5 Å². The zero-order valence-electron chi connectivity index (χ0n) is 25.0. The van der Waals surface area contributed by atoms with Gasteiger partial charge in [-0.3, -0.25) is 14.4 Å². The molecule has 4 amide bonds. The Balaban J connectivity index is 3.44. The largest absolute Gasteiger partial charge is 0.508 e. The van der Waals surface area contributed by atoms with E-state index in [1.807, 2.05) is 0 Å². The Morgan fingerprint density at radius 2 is 1.65 bits per heavy atom. The van der Waals surface area contributed by atoms with Crippen LogP contribution in [0.2, 0.25) is 0 Å². The molecule has 0 saturated heterocycles. The lowest BCUT2D eigenvalue weighted by atomic mass is 10.0. The van der Waals surface area contributed by atoms with Gasteiger partial charge in [-0.1, -0.05) is 64.5 Å². The Bertz CT molecular complexity index is 946. The number of ether oxygens (including phenoxy) is 1. The molecule has 0 aromatic heterocycles. The first kappa shape index (κ1) is 34.7. The number of phenolic OH excluding ortho intramolecular Hbond substituents is 1. The van der Waals surface area contributed by atoms with Crippen LogP contribution in [0.1, 0.15) is 110 Å². The van der Waals surface area contributed by atoms with E-state index in [1.54, 1.807) is 32.9 Å². The van der Waals surface area contributed by atoms with Crippen LogP contribution in [-0.2, 0) is 19.1 Å². The van der Waals surface area contributed by atoms with Crippen LogP contribution in [0.5, 0.6) is 5.75 Å². The third kappa shape index (κ3) is 13.7. The molecule has 0 heterocycles. The van der Waals surface area contributed by atoms with Crippen molar-refractivity contribution in [2.75, 3.05) is 13.1 Å². The van der Waals surface area contributed by atoms with E-state index in [4.69, 9.17) is 10.5 Å². The highest BCUT2D eigenvalue weighted by molar-refractivity contribution is 5.92. The summed E-state index contributed by atoms with van der Waals surface area (Å²) in [7, 11) is 0. The number of benzene rings is 1. The Labute approximate surface area is 239 Å². The van der Waals surface area contributed by atoms with Crippen LogP contribution in [0.25, 0.3) is 0 Å². The van der Waals surface area contributed by atoms with E-state index >= 15 is 0 Å². The van der Waals surface area contributed by atoms with E-state index in [0.29, 0.717) is 18.5 Å². The monoisotopic (exact) mass is 562 g/mol. The highest BCUT2D eigenvalue weighted by Crippen LogP contribution is 2.27. The Morgan fingerprint density at radius 3 is 2.25 bits per heavy atom. The molecular formula is C30H50N4O6. The lowest BCUT2D eigenvalue weighted by Gasteiger charge is -2.34. The second kappa shape index (κ2) is 18.1. The number of hydrogen-bond donors (Lipinski definition) is 4. The molecule has 10 heteroatoms. The first-order chi connectivity index (χ1) is 18.9. The number of nitrogens with zero attached hydrogens (tertiary/aromatic N) is 1. The number of aromatic hydroxyl groups is 1. The van der Waals surface area contributed by atoms with Crippen molar-refractivity contribution in [3.8, 4) is 5.75 Å². The molecule has 0 saturated carbocycles. The smallest absolute Gasteiger partial charge is 0.408 e. The fourth-order valence-corrected chi connectivity index (χ4v) is 4.30. The van der Waals surface area contributed by atoms with Crippen molar-refractivity contribution in [2.45, 2.75) is 117 Å². The van der Waals surface area contributed by atoms with Crippen LogP contribution in [-0.4, -0.2) is 58.6 Å². The third-order valence-electron chi connectivity index (χ3n) is 6.28. The van der Waals surface area contributed by atoms with Crippen molar-refractivity contribution in [1.29, 1.82) is 0 Å². The van der Waals surface area contributed by atoms with Crippen molar-refractivity contribution in [3.63, 3.8) is 0 Å². The van der Waals surface area contributed by atoms with Gasteiger partial charge in [-0.25, -0.2) is 4.79 Å².